The maximum Gasteiger partial charge on any atom is 0.214 e. The fraction of sp³-hybridized carbons (Fsp3) is 0.269. The van der Waals surface area contributed by atoms with Gasteiger partial charge in [0.15, 0.2) is 11.5 Å². The van der Waals surface area contributed by atoms with Crippen molar-refractivity contribution in [1.82, 2.24) is 5.01 Å². The van der Waals surface area contributed by atoms with E-state index in [1.807, 2.05) is 36.4 Å². The summed E-state index contributed by atoms with van der Waals surface area (Å²) >= 11 is 6.09. The fourth-order valence-corrected chi connectivity index (χ4v) is 4.45. The Bertz CT molecular complexity index is 1120. The number of halogens is 1. The third-order valence-corrected chi connectivity index (χ3v) is 6.32. The molecule has 5 rings (SSSR count). The number of methoxy groups -OCH3 is 1. The lowest BCUT2D eigenvalue weighted by molar-refractivity contribution is -0.0209. The van der Waals surface area contributed by atoms with E-state index in [1.54, 1.807) is 7.11 Å². The molecule has 0 amide bonds. The van der Waals surface area contributed by atoms with Crippen molar-refractivity contribution in [2.45, 2.75) is 38.5 Å². The van der Waals surface area contributed by atoms with Crippen LogP contribution in [0.4, 0.5) is 0 Å². The van der Waals surface area contributed by atoms with Crippen molar-refractivity contribution in [2.24, 2.45) is 5.10 Å². The van der Waals surface area contributed by atoms with Gasteiger partial charge in [-0.15, -0.1) is 0 Å². The molecule has 2 aliphatic heterocycles. The first kappa shape index (κ1) is 20.0. The molecule has 0 saturated carbocycles. The summed E-state index contributed by atoms with van der Waals surface area (Å²) in [5.41, 5.74) is 5.59. The van der Waals surface area contributed by atoms with E-state index in [-0.39, 0.29) is 12.3 Å². The van der Waals surface area contributed by atoms with Crippen molar-refractivity contribution >= 4 is 17.3 Å². The van der Waals surface area contributed by atoms with E-state index >= 15 is 0 Å². The topological polar surface area (TPSA) is 34.1 Å². The van der Waals surface area contributed by atoms with Gasteiger partial charge in [0.2, 0.25) is 6.23 Å². The minimum atomic E-state index is -0.320. The molecule has 0 aromatic heterocycles. The molecule has 3 aromatic carbocycles. The van der Waals surface area contributed by atoms with E-state index in [9.17, 15) is 0 Å². The van der Waals surface area contributed by atoms with Crippen LogP contribution >= 0.6 is 11.6 Å². The Morgan fingerprint density at radius 3 is 2.45 bits per heavy atom. The summed E-state index contributed by atoms with van der Waals surface area (Å²) in [6, 6.07) is 22.7. The number of ether oxygens (including phenoxy) is 2. The second-order valence-corrected chi connectivity index (χ2v) is 8.76. The van der Waals surface area contributed by atoms with E-state index in [4.69, 9.17) is 26.2 Å². The van der Waals surface area contributed by atoms with Crippen LogP contribution < -0.4 is 9.47 Å². The van der Waals surface area contributed by atoms with Crippen LogP contribution in [0.1, 0.15) is 60.7 Å². The summed E-state index contributed by atoms with van der Waals surface area (Å²) in [4.78, 5) is 0. The Kier molecular flexibility index (Phi) is 5.11. The van der Waals surface area contributed by atoms with Crippen molar-refractivity contribution in [1.29, 1.82) is 0 Å². The summed E-state index contributed by atoms with van der Waals surface area (Å²) < 4.78 is 12.2. The molecule has 0 spiro atoms. The maximum atomic E-state index is 6.53. The second kappa shape index (κ2) is 7.93. The Morgan fingerprint density at radius 2 is 1.77 bits per heavy atom. The monoisotopic (exact) mass is 432 g/mol. The van der Waals surface area contributed by atoms with Crippen molar-refractivity contribution in [3.8, 4) is 11.5 Å². The van der Waals surface area contributed by atoms with Crippen LogP contribution in [-0.2, 0) is 0 Å². The second-order valence-electron chi connectivity index (χ2n) is 8.32. The first-order valence-corrected chi connectivity index (χ1v) is 11.0. The van der Waals surface area contributed by atoms with E-state index in [0.29, 0.717) is 5.92 Å². The van der Waals surface area contributed by atoms with Gasteiger partial charge in [0.05, 0.1) is 18.9 Å². The Labute approximate surface area is 188 Å². The molecule has 0 bridgehead atoms. The van der Waals surface area contributed by atoms with Gasteiger partial charge in [-0.05, 0) is 35.2 Å². The minimum absolute atomic E-state index is 0.0827. The van der Waals surface area contributed by atoms with Gasteiger partial charge in [-0.3, -0.25) is 0 Å². The van der Waals surface area contributed by atoms with Crippen molar-refractivity contribution in [3.63, 3.8) is 0 Å². The summed E-state index contributed by atoms with van der Waals surface area (Å²) in [6.07, 6.45) is 0.478. The molecule has 0 saturated heterocycles. The highest BCUT2D eigenvalue weighted by molar-refractivity contribution is 6.30. The van der Waals surface area contributed by atoms with Gasteiger partial charge in [-0.1, -0.05) is 74.0 Å². The number of benzene rings is 3. The first-order valence-electron chi connectivity index (χ1n) is 10.6. The Hall–Kier alpha value is -2.98. The van der Waals surface area contributed by atoms with Crippen LogP contribution in [0.15, 0.2) is 71.8 Å². The molecule has 2 aliphatic rings. The van der Waals surface area contributed by atoms with Gasteiger partial charge in [0.25, 0.3) is 0 Å². The Morgan fingerprint density at radius 1 is 1.03 bits per heavy atom. The van der Waals surface area contributed by atoms with Crippen LogP contribution in [0.3, 0.4) is 0 Å². The number of rotatable bonds is 4. The summed E-state index contributed by atoms with van der Waals surface area (Å²) in [5.74, 6) is 2.04. The van der Waals surface area contributed by atoms with Gasteiger partial charge in [0.1, 0.15) is 0 Å². The van der Waals surface area contributed by atoms with Gasteiger partial charge in [-0.2, -0.15) is 5.10 Å². The highest BCUT2D eigenvalue weighted by atomic mass is 35.5. The number of fused-ring (bicyclic) bond motifs is 3. The third-order valence-electron chi connectivity index (χ3n) is 6.07. The number of para-hydroxylation sites is 1. The zero-order chi connectivity index (χ0) is 21.5. The molecule has 2 heterocycles. The smallest absolute Gasteiger partial charge is 0.214 e. The highest BCUT2D eigenvalue weighted by Crippen LogP contribution is 2.50. The van der Waals surface area contributed by atoms with Crippen LogP contribution in [0.2, 0.25) is 5.02 Å². The molecule has 5 heteroatoms. The van der Waals surface area contributed by atoms with Crippen molar-refractivity contribution in [3.05, 3.63) is 94.0 Å². The van der Waals surface area contributed by atoms with Crippen molar-refractivity contribution < 1.29 is 9.47 Å². The lowest BCUT2D eigenvalue weighted by Gasteiger charge is -2.38. The van der Waals surface area contributed by atoms with Crippen LogP contribution in [0.25, 0.3) is 0 Å². The average molecular weight is 433 g/mol. The predicted molar refractivity (Wildman–Crippen MR) is 124 cm³/mol. The zero-order valence-corrected chi connectivity index (χ0v) is 18.6. The number of nitrogens with zero attached hydrogens (tertiary/aromatic N) is 2. The zero-order valence-electron chi connectivity index (χ0n) is 17.9. The molecule has 2 unspecified atom stereocenters. The molecular weight excluding hydrogens is 408 g/mol. The summed E-state index contributed by atoms with van der Waals surface area (Å²) in [5, 5.41) is 7.84. The van der Waals surface area contributed by atoms with Gasteiger partial charge in [-0.25, -0.2) is 5.01 Å². The van der Waals surface area contributed by atoms with E-state index in [0.717, 1.165) is 45.3 Å². The highest BCUT2D eigenvalue weighted by Gasteiger charge is 2.42. The van der Waals surface area contributed by atoms with E-state index in [2.05, 4.69) is 49.2 Å². The standard InChI is InChI=1S/C26H25ClN2O2/c1-16(2)17-7-9-19(10-8-17)26-29-23(21-5-4-6-24(30-3)25(21)31-26)15-22(28-29)18-11-13-20(27)14-12-18/h4-14,16,23,26H,15H2,1-3H3. The minimum Gasteiger partial charge on any atom is -0.493 e. The molecular formula is C26H25ClN2O2. The molecule has 0 aliphatic carbocycles. The third kappa shape index (κ3) is 3.55. The Balaban J connectivity index is 1.58. The molecule has 2 atom stereocenters. The largest absolute Gasteiger partial charge is 0.493 e. The van der Waals surface area contributed by atoms with Gasteiger partial charge < -0.3 is 9.47 Å². The maximum absolute atomic E-state index is 6.53. The molecule has 4 nitrogen and oxygen atoms in total. The van der Waals surface area contributed by atoms with Gasteiger partial charge >= 0.3 is 0 Å². The van der Waals surface area contributed by atoms with Gasteiger partial charge in [0, 0.05) is 22.6 Å². The summed E-state index contributed by atoms with van der Waals surface area (Å²) in [7, 11) is 1.68. The SMILES string of the molecule is COc1cccc2c1OC(c1ccc(C(C)C)cc1)N1N=C(c3ccc(Cl)cc3)CC21. The number of hydrogen-bond donors (Lipinski definition) is 0. The molecule has 31 heavy (non-hydrogen) atoms. The first-order chi connectivity index (χ1) is 15.0. The van der Waals surface area contributed by atoms with Crippen molar-refractivity contribution in [2.75, 3.05) is 7.11 Å². The van der Waals surface area contributed by atoms with E-state index < -0.39 is 0 Å². The quantitative estimate of drug-likeness (QED) is 0.459. The lowest BCUT2D eigenvalue weighted by Crippen LogP contribution is -2.33. The number of hydrogen-bond acceptors (Lipinski definition) is 4. The molecule has 3 aromatic rings. The normalized spacial score (nSPS) is 19.5. The van der Waals surface area contributed by atoms with Crippen LogP contribution in [-0.4, -0.2) is 17.8 Å². The van der Waals surface area contributed by atoms with Crippen LogP contribution in [0.5, 0.6) is 11.5 Å². The number of hydrazone groups is 1. The fourth-order valence-electron chi connectivity index (χ4n) is 4.33. The van der Waals surface area contributed by atoms with Crippen LogP contribution in [0, 0.1) is 0 Å². The molecule has 158 valence electrons. The molecule has 0 N–H and O–H groups in total. The lowest BCUT2D eigenvalue weighted by atomic mass is 9.95. The average Bonchev–Trinajstić information content (AvgIpc) is 3.24. The summed E-state index contributed by atoms with van der Waals surface area (Å²) in [6.45, 7) is 4.40. The molecule has 0 radical (unpaired) electrons. The molecule has 0 fully saturated rings. The predicted octanol–water partition coefficient (Wildman–Crippen LogP) is 6.71. The van der Waals surface area contributed by atoms with E-state index in [1.165, 1.54) is 5.56 Å².